The van der Waals surface area contributed by atoms with Gasteiger partial charge in [0.2, 0.25) is 5.91 Å². The molecule has 4 heteroatoms. The number of aliphatic carboxylic acids is 1. The maximum absolute atomic E-state index is 12.1. The summed E-state index contributed by atoms with van der Waals surface area (Å²) < 4.78 is 0. The highest BCUT2D eigenvalue weighted by Gasteiger charge is 2.37. The molecule has 1 saturated heterocycles. The Morgan fingerprint density at radius 1 is 1.31 bits per heavy atom. The molecule has 2 rings (SSSR count). The Morgan fingerprint density at radius 2 is 2.00 bits per heavy atom. The first-order valence-electron chi connectivity index (χ1n) is 6.11. The summed E-state index contributed by atoms with van der Waals surface area (Å²) in [6.45, 7) is 3.12. The second kappa shape index (κ2) is 4.44. The molecular weight excluding hydrogens is 206 g/mol. The molecule has 0 aromatic rings. The van der Waals surface area contributed by atoms with Crippen molar-refractivity contribution in [2.45, 2.75) is 32.6 Å². The van der Waals surface area contributed by atoms with Crippen LogP contribution in [0.15, 0.2) is 0 Å². The SMILES string of the molecule is CC(C(=O)N1CCC[C@H](C(=O)O)C1)C1CC1. The lowest BCUT2D eigenvalue weighted by atomic mass is 9.96. The number of hydrogen-bond acceptors (Lipinski definition) is 2. The first-order valence-corrected chi connectivity index (χ1v) is 6.11. The predicted molar refractivity (Wildman–Crippen MR) is 58.8 cm³/mol. The second-order valence-corrected chi connectivity index (χ2v) is 5.09. The molecule has 1 aliphatic carbocycles. The number of carbonyl (C=O) groups excluding carboxylic acids is 1. The van der Waals surface area contributed by atoms with E-state index >= 15 is 0 Å². The number of likely N-dealkylation sites (tertiary alicyclic amines) is 1. The molecule has 4 nitrogen and oxygen atoms in total. The molecule has 0 bridgehead atoms. The van der Waals surface area contributed by atoms with E-state index < -0.39 is 5.97 Å². The summed E-state index contributed by atoms with van der Waals surface area (Å²) in [7, 11) is 0. The highest BCUT2D eigenvalue weighted by atomic mass is 16.4. The van der Waals surface area contributed by atoms with Gasteiger partial charge >= 0.3 is 5.97 Å². The minimum absolute atomic E-state index is 0.0903. The Hall–Kier alpha value is -1.06. The molecule has 1 saturated carbocycles. The molecule has 1 unspecified atom stereocenters. The van der Waals surface area contributed by atoms with Gasteiger partial charge in [-0.15, -0.1) is 0 Å². The fourth-order valence-electron chi connectivity index (χ4n) is 2.46. The lowest BCUT2D eigenvalue weighted by molar-refractivity contribution is -0.146. The lowest BCUT2D eigenvalue weighted by Crippen LogP contribution is -2.44. The molecule has 2 fully saturated rings. The van der Waals surface area contributed by atoms with Gasteiger partial charge in [-0.05, 0) is 31.6 Å². The minimum atomic E-state index is -0.767. The van der Waals surface area contributed by atoms with Crippen LogP contribution in [0.3, 0.4) is 0 Å². The zero-order valence-corrected chi connectivity index (χ0v) is 9.69. The number of piperidine rings is 1. The Labute approximate surface area is 95.6 Å². The third-order valence-electron chi connectivity index (χ3n) is 3.80. The van der Waals surface area contributed by atoms with Crippen molar-refractivity contribution < 1.29 is 14.7 Å². The average molecular weight is 225 g/mol. The molecule has 0 aromatic carbocycles. The van der Waals surface area contributed by atoms with E-state index in [4.69, 9.17) is 5.11 Å². The Bertz CT molecular complexity index is 299. The molecule has 0 aromatic heterocycles. The molecule has 2 aliphatic rings. The van der Waals surface area contributed by atoms with E-state index in [2.05, 4.69) is 0 Å². The van der Waals surface area contributed by atoms with Crippen molar-refractivity contribution in [3.8, 4) is 0 Å². The molecule has 16 heavy (non-hydrogen) atoms. The van der Waals surface area contributed by atoms with Crippen LogP contribution >= 0.6 is 0 Å². The van der Waals surface area contributed by atoms with E-state index in [1.807, 2.05) is 6.92 Å². The summed E-state index contributed by atoms with van der Waals surface area (Å²) in [5.41, 5.74) is 0. The van der Waals surface area contributed by atoms with Crippen molar-refractivity contribution in [3.05, 3.63) is 0 Å². The van der Waals surface area contributed by atoms with E-state index in [1.54, 1.807) is 4.90 Å². The number of nitrogens with zero attached hydrogens (tertiary/aromatic N) is 1. The number of carbonyl (C=O) groups is 2. The van der Waals surface area contributed by atoms with Gasteiger partial charge in [0.15, 0.2) is 0 Å². The predicted octanol–water partition coefficient (Wildman–Crippen LogP) is 1.36. The van der Waals surface area contributed by atoms with Crippen LogP contribution in [0, 0.1) is 17.8 Å². The van der Waals surface area contributed by atoms with Gasteiger partial charge in [0.1, 0.15) is 0 Å². The molecule has 1 amide bonds. The second-order valence-electron chi connectivity index (χ2n) is 5.09. The van der Waals surface area contributed by atoms with Crippen molar-refractivity contribution >= 4 is 11.9 Å². The molecule has 90 valence electrons. The zero-order valence-electron chi connectivity index (χ0n) is 9.69. The van der Waals surface area contributed by atoms with E-state index in [1.165, 1.54) is 0 Å². The third-order valence-corrected chi connectivity index (χ3v) is 3.80. The summed E-state index contributed by atoms with van der Waals surface area (Å²) in [6, 6.07) is 0. The van der Waals surface area contributed by atoms with Crippen molar-refractivity contribution in [2.24, 2.45) is 17.8 Å². The van der Waals surface area contributed by atoms with Crippen molar-refractivity contribution in [1.29, 1.82) is 0 Å². The van der Waals surface area contributed by atoms with Gasteiger partial charge in [0, 0.05) is 19.0 Å². The largest absolute Gasteiger partial charge is 0.481 e. The number of carboxylic acids is 1. The van der Waals surface area contributed by atoms with Crippen LogP contribution < -0.4 is 0 Å². The number of carboxylic acid groups (broad SMARTS) is 1. The summed E-state index contributed by atoms with van der Waals surface area (Å²) in [5.74, 6) is -0.320. The fraction of sp³-hybridized carbons (Fsp3) is 0.833. The van der Waals surface area contributed by atoms with Gasteiger partial charge < -0.3 is 10.0 Å². The minimum Gasteiger partial charge on any atom is -0.481 e. The van der Waals surface area contributed by atoms with E-state index in [0.717, 1.165) is 25.8 Å². The summed E-state index contributed by atoms with van der Waals surface area (Å²) in [5, 5.41) is 8.96. The molecule has 1 heterocycles. The topological polar surface area (TPSA) is 57.6 Å². The highest BCUT2D eigenvalue weighted by molar-refractivity contribution is 5.80. The zero-order chi connectivity index (χ0) is 11.7. The Morgan fingerprint density at radius 3 is 2.56 bits per heavy atom. The van der Waals surface area contributed by atoms with Gasteiger partial charge in [0.25, 0.3) is 0 Å². The summed E-state index contributed by atoms with van der Waals surface area (Å²) in [4.78, 5) is 24.7. The fourth-order valence-corrected chi connectivity index (χ4v) is 2.46. The quantitative estimate of drug-likeness (QED) is 0.789. The molecular formula is C12H19NO3. The van der Waals surface area contributed by atoms with Crippen LogP contribution in [0.1, 0.15) is 32.6 Å². The first kappa shape index (κ1) is 11.4. The van der Waals surface area contributed by atoms with Crippen LogP contribution in [0.5, 0.6) is 0 Å². The van der Waals surface area contributed by atoms with Crippen LogP contribution in [-0.4, -0.2) is 35.0 Å². The smallest absolute Gasteiger partial charge is 0.308 e. The maximum atomic E-state index is 12.1. The maximum Gasteiger partial charge on any atom is 0.308 e. The van der Waals surface area contributed by atoms with E-state index in [-0.39, 0.29) is 17.7 Å². The van der Waals surface area contributed by atoms with E-state index in [9.17, 15) is 9.59 Å². The average Bonchev–Trinajstić information content (AvgIpc) is 3.11. The number of hydrogen-bond donors (Lipinski definition) is 1. The number of amides is 1. The van der Waals surface area contributed by atoms with Crippen molar-refractivity contribution in [1.82, 2.24) is 4.90 Å². The standard InChI is InChI=1S/C12H19NO3/c1-8(9-4-5-9)11(14)13-6-2-3-10(7-13)12(15)16/h8-10H,2-7H2,1H3,(H,15,16)/t8?,10-/m0/s1. The van der Waals surface area contributed by atoms with Crippen molar-refractivity contribution in [3.63, 3.8) is 0 Å². The van der Waals surface area contributed by atoms with E-state index in [0.29, 0.717) is 18.9 Å². The van der Waals surface area contributed by atoms with Gasteiger partial charge in [0.05, 0.1) is 5.92 Å². The van der Waals surface area contributed by atoms with Crippen LogP contribution in [0.4, 0.5) is 0 Å². The molecule has 2 atom stereocenters. The number of rotatable bonds is 3. The van der Waals surface area contributed by atoms with Gasteiger partial charge in [-0.2, -0.15) is 0 Å². The monoisotopic (exact) mass is 225 g/mol. The summed E-state index contributed by atoms with van der Waals surface area (Å²) >= 11 is 0. The lowest BCUT2D eigenvalue weighted by Gasteiger charge is -2.32. The third kappa shape index (κ3) is 2.36. The highest BCUT2D eigenvalue weighted by Crippen LogP contribution is 2.37. The van der Waals surface area contributed by atoms with Gasteiger partial charge in [-0.1, -0.05) is 6.92 Å². The van der Waals surface area contributed by atoms with Crippen LogP contribution in [0.2, 0.25) is 0 Å². The first-order chi connectivity index (χ1) is 7.59. The normalized spacial score (nSPS) is 27.6. The van der Waals surface area contributed by atoms with Gasteiger partial charge in [-0.25, -0.2) is 0 Å². The Kier molecular flexibility index (Phi) is 3.17. The van der Waals surface area contributed by atoms with Crippen LogP contribution in [0.25, 0.3) is 0 Å². The van der Waals surface area contributed by atoms with Gasteiger partial charge in [-0.3, -0.25) is 9.59 Å². The molecule has 0 spiro atoms. The Balaban J connectivity index is 1.92. The van der Waals surface area contributed by atoms with Crippen molar-refractivity contribution in [2.75, 3.05) is 13.1 Å². The molecule has 0 radical (unpaired) electrons. The summed E-state index contributed by atoms with van der Waals surface area (Å²) in [6.07, 6.45) is 3.84. The molecule has 1 aliphatic heterocycles. The van der Waals surface area contributed by atoms with Crippen LogP contribution in [-0.2, 0) is 9.59 Å². The molecule has 1 N–H and O–H groups in total.